The molecule has 0 bridgehead atoms. The fourth-order valence-electron chi connectivity index (χ4n) is 3.62. The number of alkyl halides is 1. The van der Waals surface area contributed by atoms with Crippen molar-refractivity contribution < 1.29 is 14.4 Å². The number of amides is 1. The van der Waals surface area contributed by atoms with E-state index in [0.717, 1.165) is 36.3 Å². The first-order valence-electron chi connectivity index (χ1n) is 8.06. The molecule has 3 rings (SSSR count). The van der Waals surface area contributed by atoms with Gasteiger partial charge in [0.05, 0.1) is 18.9 Å². The number of fused-ring (bicyclic) bond motifs is 1. The monoisotopic (exact) mass is 379 g/mol. The van der Waals surface area contributed by atoms with Crippen molar-refractivity contribution in [3.05, 3.63) is 35.5 Å². The fourth-order valence-corrected chi connectivity index (χ4v) is 4.15. The highest BCUT2D eigenvalue weighted by Crippen LogP contribution is 2.44. The molecular formula is C18H22BrNO3. The molecule has 0 saturated heterocycles. The highest BCUT2D eigenvalue weighted by Gasteiger charge is 2.39. The molecule has 1 amide bonds. The molecule has 0 N–H and O–H groups in total. The summed E-state index contributed by atoms with van der Waals surface area (Å²) in [7, 11) is 1.67. The van der Waals surface area contributed by atoms with E-state index >= 15 is 0 Å². The van der Waals surface area contributed by atoms with Gasteiger partial charge >= 0.3 is 0 Å². The van der Waals surface area contributed by atoms with Crippen LogP contribution in [0.1, 0.15) is 38.2 Å². The molecule has 23 heavy (non-hydrogen) atoms. The summed E-state index contributed by atoms with van der Waals surface area (Å²) in [6.07, 6.45) is 4.57. The number of carbonyl (C=O) groups is 1. The van der Waals surface area contributed by atoms with Crippen LogP contribution in [0, 0.1) is 5.92 Å². The van der Waals surface area contributed by atoms with Gasteiger partial charge in [-0.1, -0.05) is 40.9 Å². The van der Waals surface area contributed by atoms with Gasteiger partial charge in [0.1, 0.15) is 5.75 Å². The fraction of sp³-hybridized carbons (Fsp3) is 0.500. The topological polar surface area (TPSA) is 38.8 Å². The van der Waals surface area contributed by atoms with Crippen LogP contribution in [0.4, 0.5) is 0 Å². The lowest BCUT2D eigenvalue weighted by atomic mass is 9.77. The van der Waals surface area contributed by atoms with Gasteiger partial charge in [-0.25, -0.2) is 0 Å². The Labute approximate surface area is 145 Å². The maximum atomic E-state index is 12.0. The lowest BCUT2D eigenvalue weighted by Crippen LogP contribution is -2.44. The summed E-state index contributed by atoms with van der Waals surface area (Å²) in [5, 5.41) is 2.08. The third kappa shape index (κ3) is 3.17. The second-order valence-electron chi connectivity index (χ2n) is 6.07. The molecule has 0 aromatic heterocycles. The molecule has 4 nitrogen and oxygen atoms in total. The lowest BCUT2D eigenvalue weighted by molar-refractivity contribution is -0.205. The van der Waals surface area contributed by atoms with Gasteiger partial charge in [-0.15, -0.1) is 0 Å². The molecule has 1 saturated carbocycles. The van der Waals surface area contributed by atoms with E-state index in [9.17, 15) is 4.79 Å². The van der Waals surface area contributed by atoms with Crippen molar-refractivity contribution in [1.82, 2.24) is 5.06 Å². The predicted molar refractivity (Wildman–Crippen MR) is 93.1 cm³/mol. The van der Waals surface area contributed by atoms with Crippen LogP contribution in [0.15, 0.2) is 30.0 Å². The van der Waals surface area contributed by atoms with E-state index in [0.29, 0.717) is 11.2 Å². The average molecular weight is 380 g/mol. The van der Waals surface area contributed by atoms with E-state index in [2.05, 4.69) is 28.1 Å². The molecule has 1 aliphatic carbocycles. The number of ether oxygens (including phenoxy) is 1. The minimum absolute atomic E-state index is 0.0746. The van der Waals surface area contributed by atoms with Gasteiger partial charge in [0.2, 0.25) is 5.91 Å². The molecule has 1 fully saturated rings. The molecular weight excluding hydrogens is 358 g/mol. The Bertz CT molecular complexity index is 611. The third-order valence-corrected chi connectivity index (χ3v) is 5.21. The first-order chi connectivity index (χ1) is 11.2. The standard InChI is InChI=1S/C18H22BrNO3/c1-12(21)20-16(11-19)18(13-7-9-14(22-2)10-8-13)15-5-3-4-6-17(15)23-20/h7-10,15,17H,3-6,11H2,1-2H3/t15-,17+/m1/s1. The minimum atomic E-state index is -0.0746. The normalized spacial score (nSPS) is 24.4. The van der Waals surface area contributed by atoms with Gasteiger partial charge < -0.3 is 4.74 Å². The number of hydrogen-bond acceptors (Lipinski definition) is 3. The second kappa shape index (κ2) is 7.05. The summed E-state index contributed by atoms with van der Waals surface area (Å²) in [5.74, 6) is 1.11. The van der Waals surface area contributed by atoms with Crippen molar-refractivity contribution in [2.75, 3.05) is 12.4 Å². The summed E-state index contributed by atoms with van der Waals surface area (Å²) in [6.45, 7) is 1.55. The van der Waals surface area contributed by atoms with Gasteiger partial charge in [0.15, 0.2) is 0 Å². The summed E-state index contributed by atoms with van der Waals surface area (Å²) in [4.78, 5) is 18.1. The highest BCUT2D eigenvalue weighted by atomic mass is 79.9. The van der Waals surface area contributed by atoms with E-state index in [1.807, 2.05) is 12.1 Å². The Morgan fingerprint density at radius 2 is 2.00 bits per heavy atom. The van der Waals surface area contributed by atoms with Crippen molar-refractivity contribution in [1.29, 1.82) is 0 Å². The zero-order valence-corrected chi connectivity index (χ0v) is 15.1. The number of rotatable bonds is 3. The van der Waals surface area contributed by atoms with Crippen molar-refractivity contribution in [3.8, 4) is 5.75 Å². The van der Waals surface area contributed by atoms with E-state index in [1.165, 1.54) is 17.1 Å². The molecule has 1 aromatic carbocycles. The second-order valence-corrected chi connectivity index (χ2v) is 6.63. The molecule has 124 valence electrons. The van der Waals surface area contributed by atoms with Gasteiger partial charge in [0, 0.05) is 18.2 Å². The largest absolute Gasteiger partial charge is 0.497 e. The van der Waals surface area contributed by atoms with E-state index in [1.54, 1.807) is 14.0 Å². The van der Waals surface area contributed by atoms with Gasteiger partial charge in [-0.05, 0) is 36.1 Å². The SMILES string of the molecule is COc1ccc(C2=C(CBr)N(C(C)=O)O[C@H]3CCCC[C@@H]23)cc1. The molecule has 1 aliphatic heterocycles. The van der Waals surface area contributed by atoms with E-state index in [-0.39, 0.29) is 12.0 Å². The maximum Gasteiger partial charge on any atom is 0.247 e. The summed E-state index contributed by atoms with van der Waals surface area (Å²) in [5.41, 5.74) is 3.30. The van der Waals surface area contributed by atoms with Crippen molar-refractivity contribution in [2.24, 2.45) is 5.92 Å². The predicted octanol–water partition coefficient (Wildman–Crippen LogP) is 4.15. The van der Waals surface area contributed by atoms with Crippen molar-refractivity contribution >= 4 is 27.4 Å². The summed E-state index contributed by atoms with van der Waals surface area (Å²) in [6, 6.07) is 8.09. The van der Waals surface area contributed by atoms with E-state index in [4.69, 9.17) is 9.57 Å². The van der Waals surface area contributed by atoms with Crippen LogP contribution in [0.25, 0.3) is 5.57 Å². The van der Waals surface area contributed by atoms with E-state index < -0.39 is 0 Å². The lowest BCUT2D eigenvalue weighted by Gasteiger charge is -2.42. The Hall–Kier alpha value is -1.33. The Balaban J connectivity index is 2.09. The summed E-state index contributed by atoms with van der Waals surface area (Å²) >= 11 is 3.55. The molecule has 0 radical (unpaired) electrons. The van der Waals surface area contributed by atoms with Crippen LogP contribution in [0.3, 0.4) is 0 Å². The first-order valence-corrected chi connectivity index (χ1v) is 9.18. The quantitative estimate of drug-likeness (QED) is 0.740. The van der Waals surface area contributed by atoms with Gasteiger partial charge in [0.25, 0.3) is 0 Å². The number of halogens is 1. The molecule has 1 heterocycles. The van der Waals surface area contributed by atoms with Gasteiger partial charge in [-0.3, -0.25) is 9.63 Å². The number of hydrogen-bond donors (Lipinski definition) is 0. The maximum absolute atomic E-state index is 12.0. The first kappa shape index (κ1) is 16.5. The van der Waals surface area contributed by atoms with Gasteiger partial charge in [-0.2, -0.15) is 5.06 Å². The van der Waals surface area contributed by atoms with Crippen molar-refractivity contribution in [3.63, 3.8) is 0 Å². The zero-order valence-electron chi connectivity index (χ0n) is 13.5. The number of hydroxylamine groups is 2. The Kier molecular flexibility index (Phi) is 5.07. The number of allylic oxidation sites excluding steroid dienone is 1. The molecule has 2 atom stereocenters. The Morgan fingerprint density at radius 1 is 1.30 bits per heavy atom. The van der Waals surface area contributed by atoms with Crippen LogP contribution in [-0.4, -0.2) is 29.5 Å². The molecule has 1 aromatic rings. The van der Waals surface area contributed by atoms with Crippen LogP contribution in [0.5, 0.6) is 5.75 Å². The van der Waals surface area contributed by atoms with Crippen LogP contribution in [0.2, 0.25) is 0 Å². The number of methoxy groups -OCH3 is 1. The number of carbonyl (C=O) groups excluding carboxylic acids is 1. The highest BCUT2D eigenvalue weighted by molar-refractivity contribution is 9.09. The van der Waals surface area contributed by atoms with Crippen molar-refractivity contribution in [2.45, 2.75) is 38.7 Å². The van der Waals surface area contributed by atoms with Crippen LogP contribution < -0.4 is 4.74 Å². The molecule has 2 aliphatic rings. The average Bonchev–Trinajstić information content (AvgIpc) is 2.60. The van der Waals surface area contributed by atoms with Crippen LogP contribution >= 0.6 is 15.9 Å². The minimum Gasteiger partial charge on any atom is -0.497 e. The smallest absolute Gasteiger partial charge is 0.247 e. The number of nitrogens with zero attached hydrogens (tertiary/aromatic N) is 1. The third-order valence-electron chi connectivity index (χ3n) is 4.68. The Morgan fingerprint density at radius 3 is 2.61 bits per heavy atom. The molecule has 0 unspecified atom stereocenters. The number of benzene rings is 1. The molecule has 0 spiro atoms. The van der Waals surface area contributed by atoms with Crippen LogP contribution in [-0.2, 0) is 9.63 Å². The molecule has 5 heteroatoms. The summed E-state index contributed by atoms with van der Waals surface area (Å²) < 4.78 is 5.26. The zero-order chi connectivity index (χ0) is 16.4.